The summed E-state index contributed by atoms with van der Waals surface area (Å²) in [6.07, 6.45) is 6.98. The van der Waals surface area contributed by atoms with E-state index < -0.39 is 0 Å². The number of hydrogen-bond acceptors (Lipinski definition) is 1. The Bertz CT molecular complexity index is 1050. The number of aryl methyl sites for hydroxylation is 1. The lowest BCUT2D eigenvalue weighted by molar-refractivity contribution is 0.351. The van der Waals surface area contributed by atoms with Gasteiger partial charge < -0.3 is 9.47 Å². The monoisotopic (exact) mass is 374 g/mol. The Morgan fingerprint density at radius 1 is 1.04 bits per heavy atom. The van der Waals surface area contributed by atoms with E-state index in [1.165, 1.54) is 46.1 Å². The van der Waals surface area contributed by atoms with Gasteiger partial charge in [-0.15, -0.1) is 0 Å². The van der Waals surface area contributed by atoms with E-state index in [9.17, 15) is 4.39 Å². The van der Waals surface area contributed by atoms with Crippen LogP contribution >= 0.6 is 0 Å². The first-order chi connectivity index (χ1) is 13.6. The fourth-order valence-corrected chi connectivity index (χ4v) is 4.55. The molecule has 2 nitrogen and oxygen atoms in total. The molecule has 0 amide bonds. The third-order valence-electron chi connectivity index (χ3n) is 6.31. The van der Waals surface area contributed by atoms with E-state index in [-0.39, 0.29) is 5.82 Å². The second-order valence-corrected chi connectivity index (χ2v) is 8.48. The number of hydrogen-bond donors (Lipinski definition) is 0. The van der Waals surface area contributed by atoms with E-state index in [4.69, 9.17) is 0 Å². The summed E-state index contributed by atoms with van der Waals surface area (Å²) in [5.74, 6) is 0.426. The van der Waals surface area contributed by atoms with Crippen molar-refractivity contribution in [1.82, 2.24) is 9.47 Å². The minimum atomic E-state index is -0.169. The van der Waals surface area contributed by atoms with Crippen LogP contribution in [-0.4, -0.2) is 29.6 Å². The summed E-state index contributed by atoms with van der Waals surface area (Å²) in [7, 11) is 2.22. The van der Waals surface area contributed by atoms with Crippen LogP contribution in [0.25, 0.3) is 22.7 Å². The maximum Gasteiger partial charge on any atom is 0.123 e. The molecule has 0 N–H and O–H groups in total. The van der Waals surface area contributed by atoms with Gasteiger partial charge in [0.05, 0.1) is 5.52 Å². The number of nitrogens with zero attached hydrogens (tertiary/aromatic N) is 2. The third-order valence-corrected chi connectivity index (χ3v) is 6.31. The van der Waals surface area contributed by atoms with Crippen LogP contribution in [0.1, 0.15) is 35.2 Å². The van der Waals surface area contributed by atoms with Crippen molar-refractivity contribution in [2.75, 3.05) is 20.1 Å². The van der Waals surface area contributed by atoms with E-state index in [1.807, 2.05) is 12.1 Å². The summed E-state index contributed by atoms with van der Waals surface area (Å²) in [6.45, 7) is 4.37. The zero-order chi connectivity index (χ0) is 19.3. The molecule has 5 rings (SSSR count). The first kappa shape index (κ1) is 17.7. The topological polar surface area (TPSA) is 8.17 Å². The highest BCUT2D eigenvalue weighted by Gasteiger charge is 2.28. The summed E-state index contributed by atoms with van der Waals surface area (Å²) in [4.78, 5) is 2.43. The van der Waals surface area contributed by atoms with Gasteiger partial charge in [-0.25, -0.2) is 4.39 Å². The van der Waals surface area contributed by atoms with Gasteiger partial charge in [-0.3, -0.25) is 0 Å². The number of benzene rings is 2. The van der Waals surface area contributed by atoms with Crippen molar-refractivity contribution in [3.8, 4) is 0 Å². The van der Waals surface area contributed by atoms with Gasteiger partial charge >= 0.3 is 0 Å². The molecule has 144 valence electrons. The Kier molecular flexibility index (Phi) is 4.36. The molecule has 2 heterocycles. The van der Waals surface area contributed by atoms with Crippen LogP contribution in [0, 0.1) is 18.7 Å². The predicted molar refractivity (Wildman–Crippen MR) is 115 cm³/mol. The molecule has 3 heteroatoms. The summed E-state index contributed by atoms with van der Waals surface area (Å²) in [6, 6.07) is 13.9. The van der Waals surface area contributed by atoms with Gasteiger partial charge in [0.2, 0.25) is 0 Å². The van der Waals surface area contributed by atoms with Gasteiger partial charge in [0.25, 0.3) is 0 Å². The van der Waals surface area contributed by atoms with E-state index in [2.05, 4.69) is 47.8 Å². The van der Waals surface area contributed by atoms with E-state index >= 15 is 0 Å². The lowest BCUT2D eigenvalue weighted by Crippen LogP contribution is -2.21. The molecule has 1 aliphatic heterocycles. The van der Waals surface area contributed by atoms with Crippen LogP contribution in [-0.2, 0) is 12.8 Å². The van der Waals surface area contributed by atoms with Gasteiger partial charge in [0.1, 0.15) is 5.82 Å². The van der Waals surface area contributed by atoms with Crippen LogP contribution in [0.5, 0.6) is 0 Å². The summed E-state index contributed by atoms with van der Waals surface area (Å²) in [5.41, 5.74) is 8.07. The maximum atomic E-state index is 13.5. The Morgan fingerprint density at radius 2 is 1.79 bits per heavy atom. The Hall–Kier alpha value is -2.39. The van der Waals surface area contributed by atoms with E-state index in [1.54, 1.807) is 12.1 Å². The smallest absolute Gasteiger partial charge is 0.123 e. The van der Waals surface area contributed by atoms with Crippen LogP contribution in [0.3, 0.4) is 0 Å². The zero-order valence-corrected chi connectivity index (χ0v) is 16.7. The third kappa shape index (κ3) is 3.18. The van der Waals surface area contributed by atoms with Gasteiger partial charge in [-0.05, 0) is 80.1 Å². The molecule has 1 saturated carbocycles. The molecule has 28 heavy (non-hydrogen) atoms. The molecule has 0 bridgehead atoms. The quantitative estimate of drug-likeness (QED) is 0.585. The largest absolute Gasteiger partial charge is 0.320 e. The second-order valence-electron chi connectivity index (χ2n) is 8.48. The average Bonchev–Trinajstić information content (AvgIpc) is 3.50. The number of rotatable bonds is 3. The van der Waals surface area contributed by atoms with E-state index in [0.717, 1.165) is 31.5 Å². The van der Waals surface area contributed by atoms with E-state index in [0.29, 0.717) is 5.92 Å². The molecular formula is C25H27FN2. The Morgan fingerprint density at radius 3 is 2.54 bits per heavy atom. The highest BCUT2D eigenvalue weighted by molar-refractivity contribution is 5.91. The lowest BCUT2D eigenvalue weighted by Gasteiger charge is -2.14. The Balaban J connectivity index is 1.71. The van der Waals surface area contributed by atoms with Crippen molar-refractivity contribution in [3.63, 3.8) is 0 Å². The fraction of sp³-hybridized carbons (Fsp3) is 0.360. The van der Waals surface area contributed by atoms with Crippen molar-refractivity contribution < 1.29 is 4.39 Å². The van der Waals surface area contributed by atoms with Crippen LogP contribution < -0.4 is 0 Å². The number of fused-ring (bicyclic) bond motifs is 3. The number of allylic oxidation sites excluding steroid dienone is 1. The van der Waals surface area contributed by atoms with Crippen LogP contribution in [0.2, 0.25) is 0 Å². The molecule has 2 aromatic carbocycles. The van der Waals surface area contributed by atoms with Gasteiger partial charge in [-0.2, -0.15) is 0 Å². The lowest BCUT2D eigenvalue weighted by atomic mass is 10.0. The summed E-state index contributed by atoms with van der Waals surface area (Å²) < 4.78 is 15.9. The maximum absolute atomic E-state index is 13.5. The number of aromatic nitrogens is 1. The first-order valence-electron chi connectivity index (χ1n) is 10.4. The average molecular weight is 375 g/mol. The standard InChI is InChI=1S/C25H27FN2/c1-17-3-10-24-22(15-17)21-11-13-27(2)14-12-25(21)28(24)16-23(18-4-5-18)19-6-8-20(26)9-7-19/h3,6-10,15-16,18H,4-5,11-14H2,1-2H3/b23-16+. The molecule has 3 aromatic rings. The molecule has 0 saturated heterocycles. The van der Waals surface area contributed by atoms with Crippen molar-refractivity contribution in [2.24, 2.45) is 5.92 Å². The first-order valence-corrected chi connectivity index (χ1v) is 10.4. The molecular weight excluding hydrogens is 347 g/mol. The molecule has 1 fully saturated rings. The van der Waals surface area contributed by atoms with Crippen molar-refractivity contribution >= 4 is 22.7 Å². The van der Waals surface area contributed by atoms with Crippen molar-refractivity contribution in [2.45, 2.75) is 32.6 Å². The SMILES string of the molecule is Cc1ccc2c(c1)c1c(n2/C=C(/c2ccc(F)cc2)C2CC2)CCN(C)CC1. The minimum absolute atomic E-state index is 0.169. The highest BCUT2D eigenvalue weighted by Crippen LogP contribution is 2.43. The summed E-state index contributed by atoms with van der Waals surface area (Å²) in [5, 5.41) is 1.40. The van der Waals surface area contributed by atoms with Crippen molar-refractivity contribution in [3.05, 3.63) is 70.7 Å². The molecule has 2 aliphatic rings. The van der Waals surface area contributed by atoms with Gasteiger partial charge in [-0.1, -0.05) is 23.8 Å². The summed E-state index contributed by atoms with van der Waals surface area (Å²) >= 11 is 0. The molecule has 1 aromatic heterocycles. The molecule has 0 spiro atoms. The van der Waals surface area contributed by atoms with Crippen LogP contribution in [0.15, 0.2) is 42.5 Å². The fourth-order valence-electron chi connectivity index (χ4n) is 4.55. The second kappa shape index (κ2) is 6.89. The number of halogens is 1. The zero-order valence-electron chi connectivity index (χ0n) is 16.7. The molecule has 0 unspecified atom stereocenters. The molecule has 0 radical (unpaired) electrons. The van der Waals surface area contributed by atoms with Crippen LogP contribution in [0.4, 0.5) is 4.39 Å². The van der Waals surface area contributed by atoms with Gasteiger partial charge in [0.15, 0.2) is 0 Å². The predicted octanol–water partition coefficient (Wildman–Crippen LogP) is 5.53. The normalized spacial score (nSPS) is 18.3. The Labute approximate surface area is 166 Å². The molecule has 1 aliphatic carbocycles. The van der Waals surface area contributed by atoms with Crippen molar-refractivity contribution in [1.29, 1.82) is 0 Å². The molecule has 0 atom stereocenters. The number of likely N-dealkylation sites (N-methyl/N-ethyl adjacent to an activating group) is 1. The minimum Gasteiger partial charge on any atom is -0.320 e. The van der Waals surface area contributed by atoms with Gasteiger partial charge in [0, 0.05) is 36.8 Å². The highest BCUT2D eigenvalue weighted by atomic mass is 19.1.